The van der Waals surface area contributed by atoms with Crippen LogP contribution in [0.5, 0.6) is 0 Å². The molecule has 0 fully saturated rings. The molecule has 1 heterocycles. The van der Waals surface area contributed by atoms with Gasteiger partial charge in [-0.15, -0.1) is 10.2 Å². The summed E-state index contributed by atoms with van der Waals surface area (Å²) in [5, 5.41) is 25.2. The van der Waals surface area contributed by atoms with Gasteiger partial charge in [0.15, 0.2) is 0 Å². The van der Waals surface area contributed by atoms with Crippen LogP contribution in [0.15, 0.2) is 52.0 Å². The average Bonchev–Trinajstić information content (AvgIpc) is 3.15. The molecule has 0 saturated heterocycles. The number of amides is 2. The second kappa shape index (κ2) is 10.2. The van der Waals surface area contributed by atoms with Gasteiger partial charge in [0.25, 0.3) is 11.6 Å². The molecule has 2 amide bonds. The van der Waals surface area contributed by atoms with Gasteiger partial charge in [-0.05, 0) is 29.8 Å². The Morgan fingerprint density at radius 2 is 1.97 bits per heavy atom. The van der Waals surface area contributed by atoms with E-state index in [0.717, 1.165) is 27.4 Å². The van der Waals surface area contributed by atoms with Crippen LogP contribution in [0.4, 0.5) is 10.8 Å². The third-order valence-electron chi connectivity index (χ3n) is 3.68. The quantitative estimate of drug-likeness (QED) is 0.274. The zero-order valence-electron chi connectivity index (χ0n) is 15.4. The number of nitrogens with one attached hydrogen (secondary N) is 2. The third-order valence-corrected chi connectivity index (χ3v) is 5.35. The fourth-order valence-corrected chi connectivity index (χ4v) is 3.49. The fraction of sp³-hybridized carbons (Fsp3) is 0.0556. The Kier molecular flexibility index (Phi) is 7.39. The highest BCUT2D eigenvalue weighted by Crippen LogP contribution is 2.25. The molecule has 0 aliphatic carbocycles. The lowest BCUT2D eigenvalue weighted by Gasteiger charge is -2.02. The second-order valence-electron chi connectivity index (χ2n) is 5.90. The van der Waals surface area contributed by atoms with Gasteiger partial charge in [-0.3, -0.25) is 25.0 Å². The second-order valence-corrected chi connectivity index (χ2v) is 8.28. The normalized spacial score (nSPS) is 10.8. The molecule has 0 aliphatic rings. The van der Waals surface area contributed by atoms with Crippen LogP contribution in [0.3, 0.4) is 0 Å². The number of hydrazone groups is 1. The van der Waals surface area contributed by atoms with Crippen LogP contribution in [0, 0.1) is 10.1 Å². The number of nitro groups is 1. The van der Waals surface area contributed by atoms with Gasteiger partial charge in [0.05, 0.1) is 17.6 Å². The van der Waals surface area contributed by atoms with Crippen LogP contribution >= 0.6 is 38.9 Å². The van der Waals surface area contributed by atoms with E-state index in [1.165, 1.54) is 18.3 Å². The van der Waals surface area contributed by atoms with Crippen LogP contribution in [0.2, 0.25) is 5.02 Å². The molecule has 1 aromatic heterocycles. The van der Waals surface area contributed by atoms with Crippen molar-refractivity contribution in [2.45, 2.75) is 6.42 Å². The Labute approximate surface area is 192 Å². The number of rotatable bonds is 7. The van der Waals surface area contributed by atoms with Gasteiger partial charge in [-0.25, -0.2) is 5.43 Å². The van der Waals surface area contributed by atoms with Crippen molar-refractivity contribution in [1.82, 2.24) is 15.6 Å². The van der Waals surface area contributed by atoms with E-state index in [9.17, 15) is 19.7 Å². The number of carbonyl (C=O) groups excluding carboxylic acids is 2. The smallest absolute Gasteiger partial charge is 0.287 e. The summed E-state index contributed by atoms with van der Waals surface area (Å²) >= 11 is 10.2. The number of aromatic nitrogens is 2. The molecule has 3 aromatic rings. The molecule has 0 saturated carbocycles. The molecule has 2 N–H and O–H groups in total. The summed E-state index contributed by atoms with van der Waals surface area (Å²) in [5.74, 6) is -0.965. The standard InChI is InChI=1S/C18H12BrClN6O4S/c19-12-4-1-10(2-5-12)9-21-23-15(27)8-16-24-25-18(31-16)22-17(28)11-3-6-14(26(29)30)13(20)7-11/h1-7,9H,8H2,(H,23,27)(H,22,25,28)/b21-9-. The molecule has 2 aromatic carbocycles. The van der Waals surface area contributed by atoms with E-state index in [2.05, 4.69) is 42.0 Å². The van der Waals surface area contributed by atoms with Crippen LogP contribution in [0.1, 0.15) is 20.9 Å². The molecule has 0 bridgehead atoms. The average molecular weight is 524 g/mol. The summed E-state index contributed by atoms with van der Waals surface area (Å²) in [6, 6.07) is 11.0. The number of anilines is 1. The Bertz CT molecular complexity index is 1170. The van der Waals surface area contributed by atoms with Crippen molar-refractivity contribution in [3.8, 4) is 0 Å². The molecular weight excluding hydrogens is 512 g/mol. The summed E-state index contributed by atoms with van der Waals surface area (Å²) in [6.07, 6.45) is 1.43. The van der Waals surface area contributed by atoms with Gasteiger partial charge >= 0.3 is 0 Å². The van der Waals surface area contributed by atoms with E-state index < -0.39 is 16.7 Å². The van der Waals surface area contributed by atoms with E-state index >= 15 is 0 Å². The first-order valence-corrected chi connectivity index (χ1v) is 10.5. The lowest BCUT2D eigenvalue weighted by molar-refractivity contribution is -0.384. The molecule has 0 radical (unpaired) electrons. The van der Waals surface area contributed by atoms with Crippen molar-refractivity contribution < 1.29 is 14.5 Å². The highest BCUT2D eigenvalue weighted by Gasteiger charge is 2.17. The van der Waals surface area contributed by atoms with E-state index in [1.807, 2.05) is 24.3 Å². The van der Waals surface area contributed by atoms with Crippen molar-refractivity contribution in [3.63, 3.8) is 0 Å². The first kappa shape index (κ1) is 22.5. The maximum atomic E-state index is 12.3. The van der Waals surface area contributed by atoms with Gasteiger partial charge in [-0.2, -0.15) is 5.10 Å². The monoisotopic (exact) mass is 522 g/mol. The lowest BCUT2D eigenvalue weighted by atomic mass is 10.2. The minimum absolute atomic E-state index is 0.0748. The molecule has 0 unspecified atom stereocenters. The zero-order valence-corrected chi connectivity index (χ0v) is 18.6. The minimum Gasteiger partial charge on any atom is -0.296 e. The molecule has 158 valence electrons. The van der Waals surface area contributed by atoms with E-state index in [4.69, 9.17) is 11.6 Å². The molecule has 0 spiro atoms. The van der Waals surface area contributed by atoms with Crippen molar-refractivity contribution >= 4 is 67.7 Å². The first-order chi connectivity index (χ1) is 14.8. The predicted octanol–water partition coefficient (Wildman–Crippen LogP) is 3.81. The van der Waals surface area contributed by atoms with Crippen LogP contribution in [0.25, 0.3) is 0 Å². The number of carbonyl (C=O) groups is 2. The van der Waals surface area contributed by atoms with E-state index in [0.29, 0.717) is 5.01 Å². The van der Waals surface area contributed by atoms with Gasteiger partial charge in [0, 0.05) is 16.1 Å². The minimum atomic E-state index is -0.644. The van der Waals surface area contributed by atoms with Gasteiger partial charge < -0.3 is 0 Å². The summed E-state index contributed by atoms with van der Waals surface area (Å²) < 4.78 is 0.935. The maximum Gasteiger partial charge on any atom is 0.287 e. The zero-order chi connectivity index (χ0) is 22.4. The number of nitrogens with zero attached hydrogens (tertiary/aromatic N) is 4. The van der Waals surface area contributed by atoms with E-state index in [-0.39, 0.29) is 27.8 Å². The molecule has 10 nitrogen and oxygen atoms in total. The largest absolute Gasteiger partial charge is 0.296 e. The Balaban J connectivity index is 1.54. The topological polar surface area (TPSA) is 139 Å². The summed E-state index contributed by atoms with van der Waals surface area (Å²) in [7, 11) is 0. The highest BCUT2D eigenvalue weighted by molar-refractivity contribution is 9.10. The van der Waals surface area contributed by atoms with Crippen molar-refractivity contribution in [1.29, 1.82) is 0 Å². The van der Waals surface area contributed by atoms with Gasteiger partial charge in [-0.1, -0.05) is 51.0 Å². The molecular formula is C18H12BrClN6O4S. The summed E-state index contributed by atoms with van der Waals surface area (Å²) in [4.78, 5) is 34.4. The van der Waals surface area contributed by atoms with Gasteiger partial charge in [0.2, 0.25) is 11.0 Å². The molecule has 31 heavy (non-hydrogen) atoms. The van der Waals surface area contributed by atoms with Crippen LogP contribution in [-0.2, 0) is 11.2 Å². The summed E-state index contributed by atoms with van der Waals surface area (Å²) in [6.45, 7) is 0. The van der Waals surface area contributed by atoms with Gasteiger partial charge in [0.1, 0.15) is 10.0 Å². The van der Waals surface area contributed by atoms with E-state index in [1.54, 1.807) is 0 Å². The number of nitro benzene ring substituents is 1. The molecule has 13 heteroatoms. The summed E-state index contributed by atoms with van der Waals surface area (Å²) in [5.41, 5.74) is 3.02. The van der Waals surface area contributed by atoms with Crippen molar-refractivity contribution in [3.05, 3.63) is 78.2 Å². The number of hydrogen-bond acceptors (Lipinski definition) is 8. The maximum absolute atomic E-state index is 12.3. The van der Waals surface area contributed by atoms with Crippen LogP contribution in [-0.4, -0.2) is 33.1 Å². The number of benzene rings is 2. The Morgan fingerprint density at radius 3 is 2.65 bits per heavy atom. The Hall–Kier alpha value is -3.22. The highest BCUT2D eigenvalue weighted by atomic mass is 79.9. The SMILES string of the molecule is O=C(Cc1nnc(NC(=O)c2ccc([N+](=O)[O-])c(Cl)c2)s1)N/N=C\c1ccc(Br)cc1. The lowest BCUT2D eigenvalue weighted by Crippen LogP contribution is -2.19. The third kappa shape index (κ3) is 6.38. The molecule has 3 rings (SSSR count). The number of halogens is 2. The first-order valence-electron chi connectivity index (χ1n) is 8.47. The Morgan fingerprint density at radius 1 is 1.23 bits per heavy atom. The van der Waals surface area contributed by atoms with Crippen molar-refractivity contribution in [2.75, 3.05) is 5.32 Å². The predicted molar refractivity (Wildman–Crippen MR) is 120 cm³/mol. The molecule has 0 aliphatic heterocycles. The fourth-order valence-electron chi connectivity index (χ4n) is 2.25. The van der Waals surface area contributed by atoms with Crippen LogP contribution < -0.4 is 10.7 Å². The number of hydrogen-bond donors (Lipinski definition) is 2. The molecule has 0 atom stereocenters. The van der Waals surface area contributed by atoms with Crippen molar-refractivity contribution in [2.24, 2.45) is 5.10 Å².